The van der Waals surface area contributed by atoms with Crippen molar-refractivity contribution in [2.45, 2.75) is 25.0 Å². The molecule has 0 fully saturated rings. The fourth-order valence-electron chi connectivity index (χ4n) is 5.30. The number of rotatable bonds is 11. The summed E-state index contributed by atoms with van der Waals surface area (Å²) in [4.78, 5) is 12.7. The smallest absolute Gasteiger partial charge is 0.303 e. The maximum Gasteiger partial charge on any atom is 0.303 e. The molecule has 1 aliphatic rings. The monoisotopic (exact) mass is 584 g/mol. The lowest BCUT2D eigenvalue weighted by Crippen LogP contribution is -2.39. The van der Waals surface area contributed by atoms with Crippen molar-refractivity contribution < 1.29 is 52.2 Å². The zero-order valence-corrected chi connectivity index (χ0v) is 25.2. The van der Waals surface area contributed by atoms with Gasteiger partial charge in [-0.3, -0.25) is 4.79 Å². The van der Waals surface area contributed by atoms with E-state index in [0.717, 1.165) is 0 Å². The highest BCUT2D eigenvalue weighted by molar-refractivity contribution is 5.69. The fraction of sp³-hybridized carbons (Fsp3) is 0.387. The van der Waals surface area contributed by atoms with E-state index in [9.17, 15) is 4.79 Å². The van der Waals surface area contributed by atoms with Crippen LogP contribution >= 0.6 is 0 Å². The van der Waals surface area contributed by atoms with Crippen molar-refractivity contribution in [2.24, 2.45) is 0 Å². The Morgan fingerprint density at radius 1 is 0.595 bits per heavy atom. The number of ether oxygens (including phenoxy) is 10. The average Bonchev–Trinajstić information content (AvgIpc) is 3.02. The normalized spacial score (nSPS) is 17.2. The first-order valence-electron chi connectivity index (χ1n) is 13.0. The summed E-state index contributed by atoms with van der Waals surface area (Å²) in [6, 6.07) is 10.5. The van der Waals surface area contributed by atoms with E-state index < -0.39 is 24.1 Å². The van der Waals surface area contributed by atoms with Gasteiger partial charge in [-0.2, -0.15) is 0 Å². The minimum atomic E-state index is -0.948. The van der Waals surface area contributed by atoms with Crippen molar-refractivity contribution >= 4 is 5.97 Å². The molecule has 42 heavy (non-hydrogen) atoms. The first-order valence-corrected chi connectivity index (χ1v) is 13.0. The molecule has 4 rings (SSSR count). The lowest BCUT2D eigenvalue weighted by Gasteiger charge is -2.41. The summed E-state index contributed by atoms with van der Waals surface area (Å²) >= 11 is 0. The van der Waals surface area contributed by atoms with Crippen LogP contribution in [0, 0.1) is 0 Å². The topological polar surface area (TPSA) is 109 Å². The molecule has 11 nitrogen and oxygen atoms in total. The third-order valence-corrected chi connectivity index (χ3v) is 7.11. The van der Waals surface area contributed by atoms with Crippen LogP contribution in [0.15, 0.2) is 36.4 Å². The molecule has 1 aliphatic heterocycles. The molecule has 226 valence electrons. The molecular weight excluding hydrogens is 548 g/mol. The summed E-state index contributed by atoms with van der Waals surface area (Å²) in [5, 5.41) is 0. The van der Waals surface area contributed by atoms with Crippen LogP contribution in [0.1, 0.15) is 35.6 Å². The number of carbonyl (C=O) groups excluding carboxylic acids is 1. The van der Waals surface area contributed by atoms with E-state index >= 15 is 0 Å². The molecular formula is C31H36O11. The van der Waals surface area contributed by atoms with Gasteiger partial charge in [-0.25, -0.2) is 0 Å². The molecule has 0 aromatic heterocycles. The number of carbonyl (C=O) groups is 1. The van der Waals surface area contributed by atoms with Gasteiger partial charge in [0, 0.05) is 47.9 Å². The molecule has 3 aromatic carbocycles. The Morgan fingerprint density at radius 3 is 1.50 bits per heavy atom. The van der Waals surface area contributed by atoms with Crippen LogP contribution in [0.5, 0.6) is 51.7 Å². The van der Waals surface area contributed by atoms with E-state index in [1.807, 2.05) is 0 Å². The largest absolute Gasteiger partial charge is 0.496 e. The second-order valence-corrected chi connectivity index (χ2v) is 9.24. The maximum atomic E-state index is 12.7. The molecule has 3 aromatic rings. The van der Waals surface area contributed by atoms with Crippen molar-refractivity contribution in [3.63, 3.8) is 0 Å². The minimum absolute atomic E-state index is 0.405. The first-order chi connectivity index (χ1) is 20.3. The first kappa shape index (κ1) is 30.3. The summed E-state index contributed by atoms with van der Waals surface area (Å²) in [5.74, 6) is 2.80. The van der Waals surface area contributed by atoms with E-state index in [0.29, 0.717) is 68.4 Å². The van der Waals surface area contributed by atoms with Gasteiger partial charge < -0.3 is 47.4 Å². The summed E-state index contributed by atoms with van der Waals surface area (Å²) in [7, 11) is 12.3. The second kappa shape index (κ2) is 12.9. The molecule has 3 atom stereocenters. The number of benzene rings is 3. The van der Waals surface area contributed by atoms with Gasteiger partial charge in [-0.05, 0) is 12.1 Å². The molecule has 0 aliphatic carbocycles. The van der Waals surface area contributed by atoms with Gasteiger partial charge in [0.1, 0.15) is 34.5 Å². The Morgan fingerprint density at radius 2 is 1.07 bits per heavy atom. The van der Waals surface area contributed by atoms with Crippen molar-refractivity contribution in [2.75, 3.05) is 56.9 Å². The van der Waals surface area contributed by atoms with Gasteiger partial charge in [-0.1, -0.05) is 0 Å². The molecule has 0 spiro atoms. The standard InChI is InChI=1S/C31H36O11/c1-16(32)41-31-28(26-20(35-4)12-18(33-2)13-21(26)36-5)27-22(37-6)14-19(34-3)15-23(27)42-29(31)17-10-24(38-7)30(40-9)25(11-17)39-8/h10-15,28-29,31H,1-9H3/t28-,29-,31-/m0/s1. The quantitative estimate of drug-likeness (QED) is 0.286. The number of esters is 1. The van der Waals surface area contributed by atoms with Crippen LogP contribution in [0.3, 0.4) is 0 Å². The van der Waals surface area contributed by atoms with Gasteiger partial charge in [0.05, 0.1) is 62.8 Å². The van der Waals surface area contributed by atoms with Crippen molar-refractivity contribution in [3.05, 3.63) is 53.1 Å². The molecule has 0 radical (unpaired) electrons. The summed E-state index contributed by atoms with van der Waals surface area (Å²) in [6.45, 7) is 1.34. The number of hydrogen-bond donors (Lipinski definition) is 0. The molecule has 0 N–H and O–H groups in total. The predicted molar refractivity (Wildman–Crippen MR) is 153 cm³/mol. The van der Waals surface area contributed by atoms with E-state index in [4.69, 9.17) is 47.4 Å². The fourth-order valence-corrected chi connectivity index (χ4v) is 5.30. The third-order valence-electron chi connectivity index (χ3n) is 7.11. The lowest BCUT2D eigenvalue weighted by atomic mass is 9.78. The molecule has 1 heterocycles. The van der Waals surface area contributed by atoms with Crippen molar-refractivity contribution in [3.8, 4) is 51.7 Å². The highest BCUT2D eigenvalue weighted by atomic mass is 16.6. The van der Waals surface area contributed by atoms with Gasteiger partial charge >= 0.3 is 5.97 Å². The Labute approximate surface area is 245 Å². The average molecular weight is 585 g/mol. The van der Waals surface area contributed by atoms with Gasteiger partial charge in [0.25, 0.3) is 0 Å². The molecule has 0 amide bonds. The van der Waals surface area contributed by atoms with Crippen molar-refractivity contribution in [1.29, 1.82) is 0 Å². The zero-order valence-electron chi connectivity index (χ0n) is 25.2. The minimum Gasteiger partial charge on any atom is -0.496 e. The Balaban J connectivity index is 2.11. The lowest BCUT2D eigenvalue weighted by molar-refractivity contribution is -0.153. The number of hydrogen-bond acceptors (Lipinski definition) is 11. The Hall–Kier alpha value is -4.67. The third kappa shape index (κ3) is 5.46. The predicted octanol–water partition coefficient (Wildman–Crippen LogP) is 4.95. The van der Waals surface area contributed by atoms with Crippen LogP contribution in [0.2, 0.25) is 0 Å². The second-order valence-electron chi connectivity index (χ2n) is 9.24. The van der Waals surface area contributed by atoms with E-state index in [1.54, 1.807) is 71.9 Å². The van der Waals surface area contributed by atoms with Gasteiger partial charge in [0.2, 0.25) is 5.75 Å². The molecule has 0 bridgehead atoms. The Bertz CT molecular complexity index is 1380. The zero-order chi connectivity index (χ0) is 30.6. The van der Waals surface area contributed by atoms with Crippen LogP contribution < -0.4 is 42.6 Å². The Kier molecular flexibility index (Phi) is 9.29. The molecule has 0 saturated heterocycles. The molecule has 0 unspecified atom stereocenters. The van der Waals surface area contributed by atoms with Crippen molar-refractivity contribution in [1.82, 2.24) is 0 Å². The van der Waals surface area contributed by atoms with Gasteiger partial charge in [0.15, 0.2) is 23.7 Å². The summed E-state index contributed by atoms with van der Waals surface area (Å²) in [5.41, 5.74) is 1.80. The molecule has 11 heteroatoms. The van der Waals surface area contributed by atoms with E-state index in [1.165, 1.54) is 28.3 Å². The number of methoxy groups -OCH3 is 8. The summed E-state index contributed by atoms with van der Waals surface area (Å²) < 4.78 is 58.1. The SMILES string of the molecule is COc1cc(OC)c([C@H]2c3c(OC)cc(OC)cc3O[C@@H](c3cc(OC)c(OC)c(OC)c3)[C@H]2OC(C)=O)c(OC)c1. The van der Waals surface area contributed by atoms with Crippen LogP contribution in [-0.2, 0) is 9.53 Å². The van der Waals surface area contributed by atoms with Crippen LogP contribution in [-0.4, -0.2) is 69.0 Å². The number of fused-ring (bicyclic) bond motifs is 1. The van der Waals surface area contributed by atoms with E-state index in [2.05, 4.69) is 0 Å². The van der Waals surface area contributed by atoms with Crippen LogP contribution in [0.4, 0.5) is 0 Å². The summed E-state index contributed by atoms with van der Waals surface area (Å²) in [6.07, 6.45) is -1.82. The highest BCUT2D eigenvalue weighted by Crippen LogP contribution is 2.56. The maximum absolute atomic E-state index is 12.7. The van der Waals surface area contributed by atoms with E-state index in [-0.39, 0.29) is 0 Å². The highest BCUT2D eigenvalue weighted by Gasteiger charge is 2.47. The molecule has 0 saturated carbocycles. The van der Waals surface area contributed by atoms with Crippen LogP contribution in [0.25, 0.3) is 0 Å². The van der Waals surface area contributed by atoms with Gasteiger partial charge in [-0.15, -0.1) is 0 Å².